The number of carbonyl (C=O) groups excluding carboxylic acids is 1. The Morgan fingerprint density at radius 1 is 1.06 bits per heavy atom. The standard InChI is InChI=1S/C22H27N3O6S2/c1-6-11-25-20-10-9-17(33(29,30)24(3)4)13-19(20)23-21(25)14-31-22(26)18-12-16(32(5,27)28)8-7-15(18)2/h7-10,12-13H,6,11,14H2,1-5H3. The van der Waals surface area contributed by atoms with E-state index in [4.69, 9.17) is 4.74 Å². The number of sulfone groups is 1. The third kappa shape index (κ3) is 5.10. The molecule has 0 atom stereocenters. The summed E-state index contributed by atoms with van der Waals surface area (Å²) < 4.78 is 57.1. The number of esters is 1. The minimum absolute atomic E-state index is 0.0351. The van der Waals surface area contributed by atoms with Gasteiger partial charge < -0.3 is 9.30 Å². The van der Waals surface area contributed by atoms with Gasteiger partial charge in [-0.25, -0.2) is 30.9 Å². The fourth-order valence-electron chi connectivity index (χ4n) is 3.37. The molecule has 0 fully saturated rings. The maximum Gasteiger partial charge on any atom is 0.338 e. The normalized spacial score (nSPS) is 12.4. The lowest BCUT2D eigenvalue weighted by Crippen LogP contribution is -2.22. The highest BCUT2D eigenvalue weighted by Crippen LogP contribution is 2.23. The monoisotopic (exact) mass is 493 g/mol. The molecule has 1 aromatic heterocycles. The van der Waals surface area contributed by atoms with E-state index in [2.05, 4.69) is 4.98 Å². The van der Waals surface area contributed by atoms with E-state index in [1.807, 2.05) is 11.5 Å². The van der Waals surface area contributed by atoms with Crippen molar-refractivity contribution < 1.29 is 26.4 Å². The van der Waals surface area contributed by atoms with Crippen LogP contribution in [0.4, 0.5) is 0 Å². The van der Waals surface area contributed by atoms with E-state index in [1.54, 1.807) is 19.1 Å². The molecule has 178 valence electrons. The van der Waals surface area contributed by atoms with E-state index in [-0.39, 0.29) is 22.0 Å². The van der Waals surface area contributed by atoms with E-state index >= 15 is 0 Å². The quantitative estimate of drug-likeness (QED) is 0.443. The topological polar surface area (TPSA) is 116 Å². The highest BCUT2D eigenvalue weighted by Gasteiger charge is 2.21. The molecule has 0 spiro atoms. The van der Waals surface area contributed by atoms with E-state index in [9.17, 15) is 21.6 Å². The highest BCUT2D eigenvalue weighted by molar-refractivity contribution is 7.90. The number of hydrogen-bond acceptors (Lipinski definition) is 7. The van der Waals surface area contributed by atoms with Crippen LogP contribution in [0, 0.1) is 6.92 Å². The Bertz CT molecular complexity index is 1420. The third-order valence-electron chi connectivity index (χ3n) is 5.21. The molecule has 0 saturated heterocycles. The molecule has 3 rings (SSSR count). The first-order chi connectivity index (χ1) is 15.4. The average Bonchev–Trinajstić information content (AvgIpc) is 3.08. The van der Waals surface area contributed by atoms with Crippen LogP contribution in [-0.4, -0.2) is 57.0 Å². The van der Waals surface area contributed by atoms with Gasteiger partial charge in [-0.3, -0.25) is 0 Å². The predicted octanol–water partition coefficient (Wildman–Crippen LogP) is 2.77. The predicted molar refractivity (Wildman–Crippen MR) is 124 cm³/mol. The molecule has 0 saturated carbocycles. The van der Waals surface area contributed by atoms with Gasteiger partial charge in [0.25, 0.3) is 0 Å². The van der Waals surface area contributed by atoms with Gasteiger partial charge >= 0.3 is 5.97 Å². The van der Waals surface area contributed by atoms with Crippen molar-refractivity contribution >= 4 is 36.9 Å². The molecule has 0 N–H and O–H groups in total. The van der Waals surface area contributed by atoms with Gasteiger partial charge in [-0.15, -0.1) is 0 Å². The van der Waals surface area contributed by atoms with Crippen molar-refractivity contribution in [2.45, 2.75) is 43.2 Å². The van der Waals surface area contributed by atoms with Gasteiger partial charge in [0.1, 0.15) is 12.4 Å². The largest absolute Gasteiger partial charge is 0.454 e. The van der Waals surface area contributed by atoms with Gasteiger partial charge in [0.15, 0.2) is 9.84 Å². The lowest BCUT2D eigenvalue weighted by atomic mass is 10.1. The highest BCUT2D eigenvalue weighted by atomic mass is 32.2. The minimum atomic E-state index is -3.62. The maximum atomic E-state index is 12.7. The summed E-state index contributed by atoms with van der Waals surface area (Å²) >= 11 is 0. The van der Waals surface area contributed by atoms with E-state index in [0.29, 0.717) is 23.4 Å². The number of aryl methyl sites for hydroxylation is 2. The zero-order chi connectivity index (χ0) is 24.6. The number of aromatic nitrogens is 2. The van der Waals surface area contributed by atoms with Crippen molar-refractivity contribution in [2.24, 2.45) is 0 Å². The Labute approximate surface area is 194 Å². The van der Waals surface area contributed by atoms with Crippen LogP contribution in [0.15, 0.2) is 46.2 Å². The summed E-state index contributed by atoms with van der Waals surface area (Å²) in [4.78, 5) is 17.4. The molecule has 0 aliphatic carbocycles. The first-order valence-corrected chi connectivity index (χ1v) is 13.6. The second-order valence-electron chi connectivity index (χ2n) is 7.94. The van der Waals surface area contributed by atoms with Crippen LogP contribution in [0.5, 0.6) is 0 Å². The molecule has 9 nitrogen and oxygen atoms in total. The summed E-state index contributed by atoms with van der Waals surface area (Å²) in [5, 5.41) is 0. The Hall–Kier alpha value is -2.76. The number of rotatable bonds is 8. The fourth-order valence-corrected chi connectivity index (χ4v) is 4.94. The molecule has 11 heteroatoms. The Kier molecular flexibility index (Phi) is 6.96. The maximum absolute atomic E-state index is 12.7. The van der Waals surface area contributed by atoms with Crippen LogP contribution in [0.3, 0.4) is 0 Å². The van der Waals surface area contributed by atoms with Gasteiger partial charge in [-0.05, 0) is 49.2 Å². The molecule has 2 aromatic carbocycles. The molecule has 1 heterocycles. The van der Waals surface area contributed by atoms with Crippen LogP contribution in [-0.2, 0) is 37.7 Å². The summed E-state index contributed by atoms with van der Waals surface area (Å²) in [7, 11) is -4.17. The van der Waals surface area contributed by atoms with Crippen LogP contribution in [0.2, 0.25) is 0 Å². The molecule has 0 radical (unpaired) electrons. The van der Waals surface area contributed by atoms with Crippen LogP contribution >= 0.6 is 0 Å². The van der Waals surface area contributed by atoms with Crippen molar-refractivity contribution in [3.05, 3.63) is 53.3 Å². The zero-order valence-corrected chi connectivity index (χ0v) is 20.8. The summed E-state index contributed by atoms with van der Waals surface area (Å²) in [5.41, 5.74) is 1.96. The number of fused-ring (bicyclic) bond motifs is 1. The number of nitrogens with zero attached hydrogens (tertiary/aromatic N) is 3. The molecule has 0 unspecified atom stereocenters. The lowest BCUT2D eigenvalue weighted by Gasteiger charge is -2.12. The van der Waals surface area contributed by atoms with Crippen molar-refractivity contribution in [2.75, 3.05) is 20.4 Å². The third-order valence-corrected chi connectivity index (χ3v) is 8.14. The zero-order valence-electron chi connectivity index (χ0n) is 19.2. The van der Waals surface area contributed by atoms with Crippen molar-refractivity contribution in [1.29, 1.82) is 0 Å². The van der Waals surface area contributed by atoms with Crippen molar-refractivity contribution in [3.8, 4) is 0 Å². The van der Waals surface area contributed by atoms with Crippen molar-refractivity contribution in [3.63, 3.8) is 0 Å². The van der Waals surface area contributed by atoms with E-state index in [1.165, 1.54) is 38.4 Å². The Morgan fingerprint density at radius 2 is 1.73 bits per heavy atom. The number of ether oxygens (including phenoxy) is 1. The molecular formula is C22H27N3O6S2. The van der Waals surface area contributed by atoms with E-state index in [0.717, 1.165) is 22.5 Å². The molecule has 3 aromatic rings. The molecular weight excluding hydrogens is 466 g/mol. The molecule has 0 aliphatic heterocycles. The van der Waals surface area contributed by atoms with Gasteiger partial charge in [-0.1, -0.05) is 13.0 Å². The number of carbonyl (C=O) groups is 1. The van der Waals surface area contributed by atoms with Crippen LogP contribution in [0.1, 0.15) is 35.1 Å². The van der Waals surface area contributed by atoms with Crippen LogP contribution < -0.4 is 0 Å². The van der Waals surface area contributed by atoms with Crippen molar-refractivity contribution in [1.82, 2.24) is 13.9 Å². The van der Waals surface area contributed by atoms with Gasteiger partial charge in [0.05, 0.1) is 26.4 Å². The molecule has 0 amide bonds. The first kappa shape index (κ1) is 24.9. The summed E-state index contributed by atoms with van der Waals surface area (Å²) in [6.07, 6.45) is 1.87. The minimum Gasteiger partial charge on any atom is -0.454 e. The molecule has 0 aliphatic rings. The second-order valence-corrected chi connectivity index (χ2v) is 12.1. The average molecular weight is 494 g/mol. The number of sulfonamides is 1. The molecule has 33 heavy (non-hydrogen) atoms. The Morgan fingerprint density at radius 3 is 2.33 bits per heavy atom. The lowest BCUT2D eigenvalue weighted by molar-refractivity contribution is 0.0457. The van der Waals surface area contributed by atoms with E-state index < -0.39 is 25.8 Å². The second kappa shape index (κ2) is 9.24. The van der Waals surface area contributed by atoms with Crippen LogP contribution in [0.25, 0.3) is 11.0 Å². The van der Waals surface area contributed by atoms with Gasteiger partial charge in [0.2, 0.25) is 10.0 Å². The SMILES string of the molecule is CCCn1c(COC(=O)c2cc(S(C)(=O)=O)ccc2C)nc2cc(S(=O)(=O)N(C)C)ccc21. The Balaban J connectivity index is 1.94. The number of imidazole rings is 1. The summed E-state index contributed by atoms with van der Waals surface area (Å²) in [6, 6.07) is 9.04. The van der Waals surface area contributed by atoms with Gasteiger partial charge in [0, 0.05) is 26.9 Å². The number of benzene rings is 2. The summed E-state index contributed by atoms with van der Waals surface area (Å²) in [5.74, 6) is -0.194. The molecule has 0 bridgehead atoms. The summed E-state index contributed by atoms with van der Waals surface area (Å²) in [6.45, 7) is 4.14. The smallest absolute Gasteiger partial charge is 0.338 e. The first-order valence-electron chi connectivity index (χ1n) is 10.3. The van der Waals surface area contributed by atoms with Gasteiger partial charge in [-0.2, -0.15) is 0 Å². The number of hydrogen-bond donors (Lipinski definition) is 0. The fraction of sp³-hybridized carbons (Fsp3) is 0.364.